The van der Waals surface area contributed by atoms with E-state index in [0.29, 0.717) is 34.6 Å². The summed E-state index contributed by atoms with van der Waals surface area (Å²) < 4.78 is 86.7. The Labute approximate surface area is 260 Å². The predicted octanol–water partition coefficient (Wildman–Crippen LogP) is 7.54. The van der Waals surface area contributed by atoms with Gasteiger partial charge in [0.25, 0.3) is 0 Å². The second-order valence-corrected chi connectivity index (χ2v) is 12.2. The topological polar surface area (TPSA) is 103 Å². The molecule has 2 fully saturated rings. The number of phenols is 1. The number of hydrogen-bond donors (Lipinski definition) is 2. The summed E-state index contributed by atoms with van der Waals surface area (Å²) in [6, 6.07) is 8.21. The summed E-state index contributed by atoms with van der Waals surface area (Å²) in [6.07, 6.45) is -11.8. The summed E-state index contributed by atoms with van der Waals surface area (Å²) in [4.78, 5) is 32.5. The smallest absolute Gasteiger partial charge is 0.416 e. The molecule has 2 aromatic carbocycles. The van der Waals surface area contributed by atoms with Gasteiger partial charge in [0, 0.05) is 29.6 Å². The minimum absolute atomic E-state index is 0.0124. The van der Waals surface area contributed by atoms with Crippen molar-refractivity contribution in [2.75, 3.05) is 18.0 Å². The molecule has 1 aromatic heterocycles. The van der Waals surface area contributed by atoms with Crippen LogP contribution in [0.3, 0.4) is 0 Å². The quantitative estimate of drug-likeness (QED) is 0.243. The minimum atomic E-state index is -5.08. The highest BCUT2D eigenvalue weighted by Gasteiger charge is 2.43. The number of pyridine rings is 1. The fourth-order valence-corrected chi connectivity index (χ4v) is 5.69. The molecule has 0 unspecified atom stereocenters. The second-order valence-electron chi connectivity index (χ2n) is 12.2. The number of aliphatic carboxylic acids is 1. The van der Waals surface area contributed by atoms with Crippen molar-refractivity contribution in [1.29, 1.82) is 0 Å². The molecular weight excluding hydrogens is 620 g/mol. The summed E-state index contributed by atoms with van der Waals surface area (Å²) in [5, 5.41) is 20.3. The standard InChI is InChI=1S/C32H31F6N3O5/c1-17-28(18-11-20(31(33,34)35)13-21(12-18)32(36,37)38)46-29(45)41(17)16-24-22(6-8-26(39-24)40-9-4-10-40)23-14-19(5-7-25(23)42)30(2,3)15-27(43)44/h5-8,11-14,17,28,42H,4,9-10,15-16H2,1-3H3,(H,43,44)/t17-,28-/m0/s1. The Morgan fingerprint density at radius 2 is 1.57 bits per heavy atom. The van der Waals surface area contributed by atoms with Crippen LogP contribution in [-0.2, 0) is 33.8 Å². The van der Waals surface area contributed by atoms with Crippen LogP contribution in [0.25, 0.3) is 11.1 Å². The Hall–Kier alpha value is -4.49. The number of alkyl halides is 6. The van der Waals surface area contributed by atoms with Crippen molar-refractivity contribution in [2.45, 2.75) is 70.1 Å². The fraction of sp³-hybridized carbons (Fsp3) is 0.406. The monoisotopic (exact) mass is 651 g/mol. The summed E-state index contributed by atoms with van der Waals surface area (Å²) in [5.74, 6) is -0.579. The van der Waals surface area contributed by atoms with Crippen molar-refractivity contribution < 1.29 is 50.9 Å². The lowest BCUT2D eigenvalue weighted by Crippen LogP contribution is -2.38. The van der Waals surface area contributed by atoms with Crippen LogP contribution >= 0.6 is 0 Å². The summed E-state index contributed by atoms with van der Waals surface area (Å²) >= 11 is 0. The first-order valence-corrected chi connectivity index (χ1v) is 14.4. The molecule has 2 aliphatic heterocycles. The summed E-state index contributed by atoms with van der Waals surface area (Å²) in [7, 11) is 0. The summed E-state index contributed by atoms with van der Waals surface area (Å²) in [5.41, 5.74) is -2.72. The van der Waals surface area contributed by atoms with Gasteiger partial charge in [-0.05, 0) is 66.9 Å². The highest BCUT2D eigenvalue weighted by atomic mass is 19.4. The Morgan fingerprint density at radius 3 is 2.11 bits per heavy atom. The Kier molecular flexibility index (Phi) is 8.37. The Morgan fingerprint density at radius 1 is 0.935 bits per heavy atom. The maximum atomic E-state index is 13.6. The number of carbonyl (C=O) groups is 2. The fourth-order valence-electron chi connectivity index (χ4n) is 5.69. The first kappa shape index (κ1) is 32.9. The Balaban J connectivity index is 1.54. The van der Waals surface area contributed by atoms with Crippen LogP contribution in [0, 0.1) is 0 Å². The third-order valence-electron chi connectivity index (χ3n) is 8.45. The number of amides is 1. The van der Waals surface area contributed by atoms with Crippen LogP contribution in [0.5, 0.6) is 5.75 Å². The van der Waals surface area contributed by atoms with Crippen LogP contribution in [0.2, 0.25) is 0 Å². The molecule has 5 rings (SSSR count). The SMILES string of the molecule is C[C@H]1[C@@H](c2cc(C(F)(F)F)cc(C(F)(F)F)c2)OC(=O)N1Cc1nc(N2CCC2)ccc1-c1cc(C(C)(C)CC(=O)O)ccc1O. The average molecular weight is 652 g/mol. The van der Waals surface area contributed by atoms with E-state index in [2.05, 4.69) is 0 Å². The van der Waals surface area contributed by atoms with Gasteiger partial charge in [0.05, 0.1) is 35.8 Å². The molecular formula is C32H31F6N3O5. The molecule has 8 nitrogen and oxygen atoms in total. The number of hydrogen-bond acceptors (Lipinski definition) is 6. The molecule has 0 bridgehead atoms. The number of ether oxygens (including phenoxy) is 1. The van der Waals surface area contributed by atoms with Gasteiger partial charge in [-0.25, -0.2) is 9.78 Å². The second kappa shape index (κ2) is 11.7. The van der Waals surface area contributed by atoms with Crippen molar-refractivity contribution in [3.8, 4) is 16.9 Å². The number of halogens is 6. The molecule has 2 aliphatic rings. The molecule has 14 heteroatoms. The number of aromatic hydroxyl groups is 1. The van der Waals surface area contributed by atoms with E-state index in [-0.39, 0.29) is 30.5 Å². The van der Waals surface area contributed by atoms with E-state index in [9.17, 15) is 46.1 Å². The number of nitrogens with zero attached hydrogens (tertiary/aromatic N) is 3. The molecule has 0 saturated carbocycles. The lowest BCUT2D eigenvalue weighted by molar-refractivity contribution is -0.143. The number of rotatable bonds is 8. The number of phenolic OH excluding ortho intramolecular Hbond substituents is 1. The van der Waals surface area contributed by atoms with E-state index in [0.717, 1.165) is 19.5 Å². The molecule has 3 aromatic rings. The van der Waals surface area contributed by atoms with E-state index in [4.69, 9.17) is 9.72 Å². The number of aromatic nitrogens is 1. The van der Waals surface area contributed by atoms with Crippen molar-refractivity contribution in [2.24, 2.45) is 0 Å². The van der Waals surface area contributed by atoms with Crippen LogP contribution in [0.15, 0.2) is 48.5 Å². The van der Waals surface area contributed by atoms with Crippen LogP contribution < -0.4 is 4.90 Å². The van der Waals surface area contributed by atoms with Gasteiger partial charge >= 0.3 is 24.4 Å². The van der Waals surface area contributed by atoms with E-state index in [1.54, 1.807) is 38.1 Å². The van der Waals surface area contributed by atoms with E-state index in [1.807, 2.05) is 4.90 Å². The largest absolute Gasteiger partial charge is 0.507 e. The molecule has 2 atom stereocenters. The molecule has 0 radical (unpaired) electrons. The zero-order chi connectivity index (χ0) is 33.8. The third-order valence-corrected chi connectivity index (χ3v) is 8.45. The van der Waals surface area contributed by atoms with E-state index < -0.39 is 58.7 Å². The molecule has 1 amide bonds. The maximum absolute atomic E-state index is 13.6. The highest BCUT2D eigenvalue weighted by molar-refractivity contribution is 5.76. The van der Waals surface area contributed by atoms with E-state index >= 15 is 0 Å². The van der Waals surface area contributed by atoms with Gasteiger partial charge in [-0.3, -0.25) is 9.69 Å². The molecule has 0 spiro atoms. The molecule has 246 valence electrons. The molecule has 0 aliphatic carbocycles. The Bertz CT molecular complexity index is 1640. The number of benzene rings is 2. The molecule has 3 heterocycles. The van der Waals surface area contributed by atoms with Gasteiger partial charge in [-0.15, -0.1) is 0 Å². The molecule has 2 saturated heterocycles. The average Bonchev–Trinajstić information content (AvgIpc) is 3.19. The van der Waals surface area contributed by atoms with Crippen LogP contribution in [0.1, 0.15) is 67.7 Å². The van der Waals surface area contributed by atoms with Crippen molar-refractivity contribution in [3.63, 3.8) is 0 Å². The minimum Gasteiger partial charge on any atom is -0.507 e. The van der Waals surface area contributed by atoms with Crippen molar-refractivity contribution >= 4 is 17.9 Å². The van der Waals surface area contributed by atoms with Crippen molar-refractivity contribution in [3.05, 3.63) is 76.5 Å². The number of carboxylic acids is 1. The number of cyclic esters (lactones) is 1. The number of anilines is 1. The zero-order valence-corrected chi connectivity index (χ0v) is 25.0. The maximum Gasteiger partial charge on any atom is 0.416 e. The normalized spacial score (nSPS) is 18.8. The lowest BCUT2D eigenvalue weighted by Gasteiger charge is -2.33. The highest BCUT2D eigenvalue weighted by Crippen LogP contribution is 2.43. The molecule has 2 N–H and O–H groups in total. The first-order valence-electron chi connectivity index (χ1n) is 14.4. The number of carbonyl (C=O) groups excluding carboxylic acids is 1. The van der Waals surface area contributed by atoms with Gasteiger partial charge in [0.1, 0.15) is 17.7 Å². The van der Waals surface area contributed by atoms with Gasteiger partial charge < -0.3 is 19.8 Å². The van der Waals surface area contributed by atoms with Crippen LogP contribution in [0.4, 0.5) is 37.0 Å². The van der Waals surface area contributed by atoms with Gasteiger partial charge in [-0.1, -0.05) is 19.9 Å². The third kappa shape index (κ3) is 6.56. The zero-order valence-electron chi connectivity index (χ0n) is 25.0. The van der Waals surface area contributed by atoms with Gasteiger partial charge in [0.15, 0.2) is 0 Å². The predicted molar refractivity (Wildman–Crippen MR) is 154 cm³/mol. The van der Waals surface area contributed by atoms with Crippen LogP contribution in [-0.4, -0.2) is 51.3 Å². The van der Waals surface area contributed by atoms with Crippen molar-refractivity contribution in [1.82, 2.24) is 9.88 Å². The lowest BCUT2D eigenvalue weighted by atomic mass is 9.80. The first-order chi connectivity index (χ1) is 21.3. The molecule has 46 heavy (non-hydrogen) atoms. The van der Waals surface area contributed by atoms with E-state index in [1.165, 1.54) is 17.9 Å². The summed E-state index contributed by atoms with van der Waals surface area (Å²) in [6.45, 7) is 6.15. The number of carboxylic acid groups (broad SMARTS) is 1. The van der Waals surface area contributed by atoms with Gasteiger partial charge in [-0.2, -0.15) is 26.3 Å². The van der Waals surface area contributed by atoms with Gasteiger partial charge in [0.2, 0.25) is 0 Å².